The van der Waals surface area contributed by atoms with Gasteiger partial charge in [0.1, 0.15) is 6.04 Å². The van der Waals surface area contributed by atoms with E-state index < -0.39 is 12.2 Å². The van der Waals surface area contributed by atoms with Gasteiger partial charge in [-0.05, 0) is 32.1 Å². The summed E-state index contributed by atoms with van der Waals surface area (Å²) < 4.78 is 38.3. The molecule has 9 heteroatoms. The number of alkyl halides is 3. The van der Waals surface area contributed by atoms with Crippen molar-refractivity contribution in [2.75, 3.05) is 26.2 Å². The van der Waals surface area contributed by atoms with E-state index in [0.29, 0.717) is 38.1 Å². The molecule has 1 aliphatic carbocycles. The van der Waals surface area contributed by atoms with Crippen LogP contribution in [0.4, 0.5) is 13.2 Å². The molecule has 0 aromatic heterocycles. The van der Waals surface area contributed by atoms with Gasteiger partial charge in [-0.3, -0.25) is 9.69 Å². The third kappa shape index (κ3) is 5.15. The predicted molar refractivity (Wildman–Crippen MR) is 95.5 cm³/mol. The van der Waals surface area contributed by atoms with Gasteiger partial charge in [0.15, 0.2) is 0 Å². The monoisotopic (exact) mass is 405 g/mol. The molecule has 3 rings (SSSR count). The first-order valence-corrected chi connectivity index (χ1v) is 8.72. The molecule has 1 N–H and O–H groups in total. The van der Waals surface area contributed by atoms with Gasteiger partial charge < -0.3 is 10.2 Å². The number of nitrogens with one attached hydrogen (secondary N) is 1. The molecule has 1 amide bonds. The summed E-state index contributed by atoms with van der Waals surface area (Å²) >= 11 is 0. The Bertz CT molecular complexity index is 431. The summed E-state index contributed by atoms with van der Waals surface area (Å²) in [6, 6.07) is -1.11. The Kier molecular flexibility index (Phi) is 8.31. The molecular formula is C16H28Cl2F3N3O. The minimum Gasteiger partial charge on any atom is -0.339 e. The molecule has 4 unspecified atom stereocenters. The van der Waals surface area contributed by atoms with Crippen LogP contribution in [0.1, 0.15) is 39.0 Å². The maximum Gasteiger partial charge on any atom is 0.403 e. The lowest BCUT2D eigenvalue weighted by molar-refractivity contribution is -0.183. The fourth-order valence-electron chi connectivity index (χ4n) is 4.27. The van der Waals surface area contributed by atoms with E-state index in [4.69, 9.17) is 0 Å². The van der Waals surface area contributed by atoms with Crippen LogP contribution in [0, 0.1) is 5.92 Å². The summed E-state index contributed by atoms with van der Waals surface area (Å²) in [5.74, 6) is 0.683. The summed E-state index contributed by atoms with van der Waals surface area (Å²) in [5.41, 5.74) is 0. The van der Waals surface area contributed by atoms with Crippen molar-refractivity contribution < 1.29 is 18.0 Å². The maximum absolute atomic E-state index is 12.8. The summed E-state index contributed by atoms with van der Waals surface area (Å²) in [5, 5.41) is 3.46. The standard InChI is InChI=1S/C16H26F3N3O.2ClH/c1-11(16(17,18)19)21-6-8-22(9-7-21)15(23)14-10-12-4-2-3-5-13(12)20-14;;/h11-14,20H,2-10H2,1H3;2*1H. The van der Waals surface area contributed by atoms with Crippen molar-refractivity contribution in [1.82, 2.24) is 15.1 Å². The lowest BCUT2D eigenvalue weighted by Gasteiger charge is -2.39. The molecule has 3 fully saturated rings. The van der Waals surface area contributed by atoms with E-state index in [0.717, 1.165) is 12.8 Å². The molecule has 4 atom stereocenters. The number of rotatable bonds is 2. The highest BCUT2D eigenvalue weighted by Crippen LogP contribution is 2.34. The molecule has 2 saturated heterocycles. The minimum atomic E-state index is -4.20. The van der Waals surface area contributed by atoms with Crippen LogP contribution in [0.3, 0.4) is 0 Å². The smallest absolute Gasteiger partial charge is 0.339 e. The van der Waals surface area contributed by atoms with Crippen molar-refractivity contribution in [1.29, 1.82) is 0 Å². The quantitative estimate of drug-likeness (QED) is 0.766. The SMILES string of the molecule is CC(N1CCN(C(=O)C2CC3CCCCC3N2)CC1)C(F)(F)F.Cl.Cl. The van der Waals surface area contributed by atoms with Gasteiger partial charge in [-0.25, -0.2) is 0 Å². The van der Waals surface area contributed by atoms with E-state index in [-0.39, 0.29) is 36.8 Å². The number of fused-ring (bicyclic) bond motifs is 1. The molecule has 2 heterocycles. The van der Waals surface area contributed by atoms with Crippen molar-refractivity contribution in [3.8, 4) is 0 Å². The van der Waals surface area contributed by atoms with E-state index >= 15 is 0 Å². The number of hydrogen-bond acceptors (Lipinski definition) is 3. The average Bonchev–Trinajstić information content (AvgIpc) is 2.96. The van der Waals surface area contributed by atoms with Gasteiger partial charge in [0.2, 0.25) is 5.91 Å². The largest absolute Gasteiger partial charge is 0.403 e. The van der Waals surface area contributed by atoms with Gasteiger partial charge in [0, 0.05) is 32.2 Å². The minimum absolute atomic E-state index is 0. The number of carbonyl (C=O) groups is 1. The number of piperazine rings is 1. The van der Waals surface area contributed by atoms with Crippen molar-refractivity contribution in [3.05, 3.63) is 0 Å². The Labute approximate surface area is 159 Å². The summed E-state index contributed by atoms with van der Waals surface area (Å²) in [6.45, 7) is 2.58. The summed E-state index contributed by atoms with van der Waals surface area (Å²) in [7, 11) is 0. The second kappa shape index (κ2) is 9.11. The Morgan fingerprint density at radius 2 is 1.68 bits per heavy atom. The Hall–Kier alpha value is -0.240. The Balaban J connectivity index is 0.00000156. The normalized spacial score (nSPS) is 31.5. The van der Waals surface area contributed by atoms with Crippen LogP contribution in [0.5, 0.6) is 0 Å². The second-order valence-electron chi connectivity index (χ2n) is 7.18. The topological polar surface area (TPSA) is 35.6 Å². The molecule has 0 bridgehead atoms. The van der Waals surface area contributed by atoms with E-state index in [2.05, 4.69) is 5.32 Å². The highest BCUT2D eigenvalue weighted by atomic mass is 35.5. The van der Waals surface area contributed by atoms with Crippen LogP contribution >= 0.6 is 24.8 Å². The maximum atomic E-state index is 12.8. The van der Waals surface area contributed by atoms with Crippen molar-refractivity contribution in [2.24, 2.45) is 5.92 Å². The molecule has 3 aliphatic rings. The third-order valence-electron chi connectivity index (χ3n) is 5.81. The van der Waals surface area contributed by atoms with Crippen LogP contribution in [0.25, 0.3) is 0 Å². The zero-order chi connectivity index (χ0) is 16.6. The van der Waals surface area contributed by atoms with E-state index in [1.165, 1.54) is 31.1 Å². The number of halogens is 5. The van der Waals surface area contributed by atoms with Gasteiger partial charge in [-0.2, -0.15) is 13.2 Å². The van der Waals surface area contributed by atoms with Gasteiger partial charge in [-0.15, -0.1) is 24.8 Å². The lowest BCUT2D eigenvalue weighted by atomic mass is 9.85. The predicted octanol–water partition coefficient (Wildman–Crippen LogP) is 2.85. The van der Waals surface area contributed by atoms with Crippen LogP contribution in [-0.2, 0) is 4.79 Å². The third-order valence-corrected chi connectivity index (χ3v) is 5.81. The van der Waals surface area contributed by atoms with Gasteiger partial charge >= 0.3 is 6.18 Å². The zero-order valence-electron chi connectivity index (χ0n) is 14.4. The van der Waals surface area contributed by atoms with Crippen molar-refractivity contribution >= 4 is 30.7 Å². The Morgan fingerprint density at radius 1 is 1.08 bits per heavy atom. The Morgan fingerprint density at radius 3 is 2.24 bits per heavy atom. The van der Waals surface area contributed by atoms with Crippen LogP contribution in [0.2, 0.25) is 0 Å². The molecule has 0 aromatic rings. The number of carbonyl (C=O) groups excluding carboxylic acids is 1. The van der Waals surface area contributed by atoms with Crippen LogP contribution in [0.15, 0.2) is 0 Å². The molecule has 0 radical (unpaired) electrons. The molecule has 2 aliphatic heterocycles. The molecule has 25 heavy (non-hydrogen) atoms. The van der Waals surface area contributed by atoms with Crippen molar-refractivity contribution in [3.63, 3.8) is 0 Å². The van der Waals surface area contributed by atoms with Crippen molar-refractivity contribution in [2.45, 2.75) is 63.3 Å². The fraction of sp³-hybridized carbons (Fsp3) is 0.938. The van der Waals surface area contributed by atoms with E-state index in [1.807, 2.05) is 0 Å². The van der Waals surface area contributed by atoms with Gasteiger partial charge in [0.05, 0.1) is 6.04 Å². The van der Waals surface area contributed by atoms with Crippen LogP contribution in [-0.4, -0.2) is 66.2 Å². The number of nitrogens with zero attached hydrogens (tertiary/aromatic N) is 2. The van der Waals surface area contributed by atoms with E-state index in [9.17, 15) is 18.0 Å². The molecule has 1 saturated carbocycles. The molecule has 148 valence electrons. The molecule has 4 nitrogen and oxygen atoms in total. The molecule has 0 spiro atoms. The molecule has 0 aromatic carbocycles. The molecular weight excluding hydrogens is 378 g/mol. The zero-order valence-corrected chi connectivity index (χ0v) is 16.1. The van der Waals surface area contributed by atoms with Gasteiger partial charge in [0.25, 0.3) is 0 Å². The van der Waals surface area contributed by atoms with Crippen LogP contribution < -0.4 is 5.32 Å². The first-order valence-electron chi connectivity index (χ1n) is 8.72. The second-order valence-corrected chi connectivity index (χ2v) is 7.18. The fourth-order valence-corrected chi connectivity index (χ4v) is 4.27. The number of amides is 1. The first-order chi connectivity index (χ1) is 10.9. The highest BCUT2D eigenvalue weighted by Gasteiger charge is 2.43. The summed E-state index contributed by atoms with van der Waals surface area (Å²) in [4.78, 5) is 15.8. The van der Waals surface area contributed by atoms with E-state index in [1.54, 1.807) is 4.90 Å². The summed E-state index contributed by atoms with van der Waals surface area (Å²) in [6.07, 6.45) is 1.50. The average molecular weight is 406 g/mol. The van der Waals surface area contributed by atoms with Gasteiger partial charge in [-0.1, -0.05) is 12.8 Å². The lowest BCUT2D eigenvalue weighted by Crippen LogP contribution is -2.57. The first kappa shape index (κ1) is 22.8. The highest BCUT2D eigenvalue weighted by molar-refractivity contribution is 5.85. The number of hydrogen-bond donors (Lipinski definition) is 1.